The maximum atomic E-state index is 12.9. The Balaban J connectivity index is 1.40. The van der Waals surface area contributed by atoms with Crippen molar-refractivity contribution >= 4 is 11.8 Å². The van der Waals surface area contributed by atoms with Gasteiger partial charge in [0.15, 0.2) is 0 Å². The van der Waals surface area contributed by atoms with Gasteiger partial charge in [-0.1, -0.05) is 36.8 Å². The van der Waals surface area contributed by atoms with Gasteiger partial charge in [0.05, 0.1) is 35.3 Å². The van der Waals surface area contributed by atoms with E-state index in [-0.39, 0.29) is 24.0 Å². The summed E-state index contributed by atoms with van der Waals surface area (Å²) in [5, 5.41) is 7.44. The third kappa shape index (κ3) is 5.20. The van der Waals surface area contributed by atoms with Crippen molar-refractivity contribution in [2.45, 2.75) is 52.9 Å². The van der Waals surface area contributed by atoms with Crippen LogP contribution in [-0.2, 0) is 17.7 Å². The second-order valence-corrected chi connectivity index (χ2v) is 8.95. The number of rotatable bonds is 6. The van der Waals surface area contributed by atoms with Crippen LogP contribution in [0.4, 0.5) is 0 Å². The van der Waals surface area contributed by atoms with Crippen LogP contribution in [-0.4, -0.2) is 51.8 Å². The average molecular weight is 461 g/mol. The highest BCUT2D eigenvalue weighted by Crippen LogP contribution is 2.18. The Morgan fingerprint density at radius 1 is 1.03 bits per heavy atom. The summed E-state index contributed by atoms with van der Waals surface area (Å²) >= 11 is 0. The Morgan fingerprint density at radius 2 is 1.68 bits per heavy atom. The number of amides is 2. The van der Waals surface area contributed by atoms with E-state index < -0.39 is 0 Å². The summed E-state index contributed by atoms with van der Waals surface area (Å²) in [6, 6.07) is 15.5. The van der Waals surface area contributed by atoms with Gasteiger partial charge >= 0.3 is 0 Å². The van der Waals surface area contributed by atoms with Crippen molar-refractivity contribution in [1.29, 1.82) is 0 Å². The molecule has 7 nitrogen and oxygen atoms in total. The summed E-state index contributed by atoms with van der Waals surface area (Å²) in [5.74, 6) is -0.152. The van der Waals surface area contributed by atoms with Gasteiger partial charge < -0.3 is 15.0 Å². The Morgan fingerprint density at radius 3 is 2.29 bits per heavy atom. The van der Waals surface area contributed by atoms with Gasteiger partial charge in [-0.05, 0) is 57.0 Å². The minimum absolute atomic E-state index is 0.00805. The molecular formula is C27H32N4O3. The van der Waals surface area contributed by atoms with Crippen LogP contribution in [0, 0.1) is 6.92 Å². The predicted molar refractivity (Wildman–Crippen MR) is 131 cm³/mol. The van der Waals surface area contributed by atoms with E-state index in [4.69, 9.17) is 4.74 Å². The predicted octanol–water partition coefficient (Wildman–Crippen LogP) is 3.92. The first kappa shape index (κ1) is 23.7. The lowest BCUT2D eigenvalue weighted by atomic mass is 10.1. The molecule has 0 spiro atoms. The summed E-state index contributed by atoms with van der Waals surface area (Å²) in [7, 11) is 0. The number of morpholine rings is 1. The molecule has 0 bridgehead atoms. The fourth-order valence-electron chi connectivity index (χ4n) is 4.38. The van der Waals surface area contributed by atoms with Crippen molar-refractivity contribution in [3.63, 3.8) is 0 Å². The van der Waals surface area contributed by atoms with E-state index in [2.05, 4.69) is 10.4 Å². The van der Waals surface area contributed by atoms with Crippen molar-refractivity contribution in [3.05, 3.63) is 82.7 Å². The minimum Gasteiger partial charge on any atom is -0.372 e. The Labute approximate surface area is 200 Å². The number of nitrogens with zero attached hydrogens (tertiary/aromatic N) is 3. The zero-order valence-corrected chi connectivity index (χ0v) is 20.2. The van der Waals surface area contributed by atoms with Gasteiger partial charge in [-0.2, -0.15) is 5.10 Å². The number of hydrogen-bond acceptors (Lipinski definition) is 4. The van der Waals surface area contributed by atoms with Crippen LogP contribution >= 0.6 is 0 Å². The Bertz CT molecular complexity index is 1140. The van der Waals surface area contributed by atoms with Crippen molar-refractivity contribution < 1.29 is 14.3 Å². The molecule has 1 N–H and O–H groups in total. The highest BCUT2D eigenvalue weighted by molar-refractivity contribution is 5.95. The number of benzene rings is 2. The van der Waals surface area contributed by atoms with Crippen LogP contribution < -0.4 is 5.32 Å². The molecule has 2 heterocycles. The zero-order chi connectivity index (χ0) is 24.2. The molecule has 7 heteroatoms. The molecule has 1 saturated heterocycles. The molecule has 0 radical (unpaired) electrons. The molecular weight excluding hydrogens is 428 g/mol. The highest BCUT2D eigenvalue weighted by Gasteiger charge is 2.26. The van der Waals surface area contributed by atoms with Crippen LogP contribution in [0.15, 0.2) is 54.7 Å². The van der Waals surface area contributed by atoms with E-state index in [0.717, 1.165) is 16.9 Å². The van der Waals surface area contributed by atoms with E-state index in [0.29, 0.717) is 37.2 Å². The van der Waals surface area contributed by atoms with Gasteiger partial charge in [-0.25, -0.2) is 4.68 Å². The van der Waals surface area contributed by atoms with Crippen LogP contribution in [0.3, 0.4) is 0 Å². The van der Waals surface area contributed by atoms with Crippen LogP contribution in [0.25, 0.3) is 5.69 Å². The molecule has 2 atom stereocenters. The molecule has 0 aliphatic carbocycles. The van der Waals surface area contributed by atoms with E-state index in [1.54, 1.807) is 6.20 Å². The number of aromatic nitrogens is 2. The van der Waals surface area contributed by atoms with Gasteiger partial charge in [0.1, 0.15) is 0 Å². The first-order valence-corrected chi connectivity index (χ1v) is 11.8. The van der Waals surface area contributed by atoms with Gasteiger partial charge in [0, 0.05) is 25.2 Å². The van der Waals surface area contributed by atoms with Gasteiger partial charge in [0.2, 0.25) is 0 Å². The molecule has 2 aromatic carbocycles. The number of ether oxygens (including phenoxy) is 1. The van der Waals surface area contributed by atoms with Crippen molar-refractivity contribution in [2.24, 2.45) is 0 Å². The minimum atomic E-state index is -0.161. The second kappa shape index (κ2) is 10.2. The maximum absolute atomic E-state index is 12.9. The molecule has 2 unspecified atom stereocenters. The first-order valence-electron chi connectivity index (χ1n) is 11.8. The number of carbonyl (C=O) groups excluding carboxylic acids is 2. The SMILES string of the molecule is CCc1c(C(=O)NCc2ccc(C(=O)N3CC(C)OC(C)C3)cc2)cnn1-c1ccc(C)cc1. The molecule has 1 aliphatic rings. The monoisotopic (exact) mass is 460 g/mol. The van der Waals surface area contributed by atoms with Crippen LogP contribution in [0.5, 0.6) is 0 Å². The fourth-order valence-corrected chi connectivity index (χ4v) is 4.38. The standard InChI is InChI=1S/C27H32N4O3/c1-5-25-24(15-29-31(25)23-12-6-18(2)7-13-23)26(32)28-14-21-8-10-22(11-9-21)27(33)30-16-19(3)34-20(4)17-30/h6-13,15,19-20H,5,14,16-17H2,1-4H3,(H,28,32). The fraction of sp³-hybridized carbons (Fsp3) is 0.370. The summed E-state index contributed by atoms with van der Waals surface area (Å²) in [4.78, 5) is 27.6. The zero-order valence-electron chi connectivity index (χ0n) is 20.2. The summed E-state index contributed by atoms with van der Waals surface area (Å²) in [5.41, 5.74) is 5.13. The molecule has 2 amide bonds. The molecule has 0 saturated carbocycles. The van der Waals surface area contributed by atoms with E-state index in [1.165, 1.54) is 5.56 Å². The molecule has 1 aromatic heterocycles. The highest BCUT2D eigenvalue weighted by atomic mass is 16.5. The van der Waals surface area contributed by atoms with Crippen molar-refractivity contribution in [3.8, 4) is 5.69 Å². The summed E-state index contributed by atoms with van der Waals surface area (Å²) in [6.45, 7) is 9.58. The number of aryl methyl sites for hydroxylation is 1. The molecule has 3 aromatic rings. The largest absolute Gasteiger partial charge is 0.372 e. The van der Waals surface area contributed by atoms with Crippen molar-refractivity contribution in [2.75, 3.05) is 13.1 Å². The van der Waals surface area contributed by atoms with Crippen LogP contribution in [0.1, 0.15) is 58.3 Å². The average Bonchev–Trinajstić information content (AvgIpc) is 3.26. The Kier molecular flexibility index (Phi) is 7.12. The lowest BCUT2D eigenvalue weighted by Gasteiger charge is -2.35. The molecule has 1 aliphatic heterocycles. The number of hydrogen-bond donors (Lipinski definition) is 1. The van der Waals surface area contributed by atoms with E-state index in [9.17, 15) is 9.59 Å². The van der Waals surface area contributed by atoms with Gasteiger partial charge in [-0.15, -0.1) is 0 Å². The van der Waals surface area contributed by atoms with E-state index in [1.807, 2.05) is 85.8 Å². The van der Waals surface area contributed by atoms with Crippen molar-refractivity contribution in [1.82, 2.24) is 20.0 Å². The van der Waals surface area contributed by atoms with E-state index >= 15 is 0 Å². The summed E-state index contributed by atoms with van der Waals surface area (Å²) in [6.07, 6.45) is 2.38. The summed E-state index contributed by atoms with van der Waals surface area (Å²) < 4.78 is 7.54. The number of nitrogens with one attached hydrogen (secondary N) is 1. The maximum Gasteiger partial charge on any atom is 0.255 e. The number of carbonyl (C=O) groups is 2. The third-order valence-corrected chi connectivity index (χ3v) is 6.09. The molecule has 1 fully saturated rings. The quantitative estimate of drug-likeness (QED) is 0.605. The molecule has 4 rings (SSSR count). The van der Waals surface area contributed by atoms with Gasteiger partial charge in [0.25, 0.3) is 11.8 Å². The molecule has 178 valence electrons. The normalized spacial score (nSPS) is 18.1. The molecule has 34 heavy (non-hydrogen) atoms. The third-order valence-electron chi connectivity index (χ3n) is 6.09. The second-order valence-electron chi connectivity index (χ2n) is 8.95. The topological polar surface area (TPSA) is 76.5 Å². The lowest BCUT2D eigenvalue weighted by molar-refractivity contribution is -0.0586. The first-order chi connectivity index (χ1) is 16.4. The smallest absolute Gasteiger partial charge is 0.255 e. The Hall–Kier alpha value is -3.45. The van der Waals surface area contributed by atoms with Crippen LogP contribution in [0.2, 0.25) is 0 Å². The van der Waals surface area contributed by atoms with Gasteiger partial charge in [-0.3, -0.25) is 9.59 Å². The lowest BCUT2D eigenvalue weighted by Crippen LogP contribution is -2.48.